The number of carbonyl (C=O) groups excluding carboxylic acids is 1. The number of carbonyl (C=O) groups is 1. The topological polar surface area (TPSA) is 74.5 Å². The number of nitrogens with zero attached hydrogens (tertiary/aromatic N) is 2. The zero-order valence-electron chi connectivity index (χ0n) is 15.0. The first-order chi connectivity index (χ1) is 13.1. The molecule has 7 nitrogen and oxygen atoms in total. The maximum atomic E-state index is 12.9. The SMILES string of the molecule is Cc1c(NC(=O)[C@H]2COc3ccccc3O2)c(=O)n(-c2ccccc2)n1C. The van der Waals surface area contributed by atoms with Crippen molar-refractivity contribution in [3.05, 3.63) is 70.6 Å². The van der Waals surface area contributed by atoms with Crippen molar-refractivity contribution in [3.63, 3.8) is 0 Å². The predicted octanol–water partition coefficient (Wildman–Crippen LogP) is 2.26. The minimum absolute atomic E-state index is 0.0849. The quantitative estimate of drug-likeness (QED) is 0.773. The fraction of sp³-hybridized carbons (Fsp3) is 0.200. The van der Waals surface area contributed by atoms with Gasteiger partial charge in [-0.25, -0.2) is 4.68 Å². The van der Waals surface area contributed by atoms with Gasteiger partial charge >= 0.3 is 0 Å². The lowest BCUT2D eigenvalue weighted by Crippen LogP contribution is -2.41. The zero-order valence-corrected chi connectivity index (χ0v) is 15.0. The number of amides is 1. The van der Waals surface area contributed by atoms with Crippen molar-refractivity contribution in [2.75, 3.05) is 11.9 Å². The van der Waals surface area contributed by atoms with E-state index >= 15 is 0 Å². The van der Waals surface area contributed by atoms with E-state index in [1.165, 1.54) is 4.68 Å². The second-order valence-corrected chi connectivity index (χ2v) is 6.29. The first-order valence-corrected chi connectivity index (χ1v) is 8.59. The minimum atomic E-state index is -0.830. The molecular weight excluding hydrogens is 346 g/mol. The molecule has 0 fully saturated rings. The van der Waals surface area contributed by atoms with Crippen molar-refractivity contribution in [1.29, 1.82) is 0 Å². The monoisotopic (exact) mass is 365 g/mol. The van der Waals surface area contributed by atoms with Gasteiger partial charge in [-0.2, -0.15) is 0 Å². The number of nitrogens with one attached hydrogen (secondary N) is 1. The van der Waals surface area contributed by atoms with E-state index in [0.717, 1.165) is 5.69 Å². The summed E-state index contributed by atoms with van der Waals surface area (Å²) in [6.45, 7) is 1.87. The highest BCUT2D eigenvalue weighted by molar-refractivity contribution is 5.95. The van der Waals surface area contributed by atoms with Crippen LogP contribution in [0.4, 0.5) is 5.69 Å². The van der Waals surface area contributed by atoms with Gasteiger partial charge in [0, 0.05) is 7.05 Å². The number of rotatable bonds is 3. The maximum absolute atomic E-state index is 12.9. The second kappa shape index (κ2) is 6.68. The lowest BCUT2D eigenvalue weighted by Gasteiger charge is -2.25. The van der Waals surface area contributed by atoms with Crippen molar-refractivity contribution in [1.82, 2.24) is 9.36 Å². The fourth-order valence-corrected chi connectivity index (χ4v) is 3.06. The standard InChI is InChI=1S/C20H19N3O4/c1-13-18(20(25)23(22(13)2)14-8-4-3-5-9-14)21-19(24)17-12-26-15-10-6-7-11-16(15)27-17/h3-11,17H,12H2,1-2H3,(H,21,24)/t17-/m1/s1. The summed E-state index contributed by atoms with van der Waals surface area (Å²) in [6, 6.07) is 16.4. The molecule has 0 bridgehead atoms. The van der Waals surface area contributed by atoms with E-state index in [0.29, 0.717) is 17.2 Å². The highest BCUT2D eigenvalue weighted by atomic mass is 16.6. The van der Waals surface area contributed by atoms with Gasteiger partial charge in [0.15, 0.2) is 11.5 Å². The van der Waals surface area contributed by atoms with Crippen molar-refractivity contribution in [2.24, 2.45) is 7.05 Å². The van der Waals surface area contributed by atoms with E-state index < -0.39 is 12.0 Å². The molecule has 2 heterocycles. The largest absolute Gasteiger partial charge is 0.485 e. The Morgan fingerprint density at radius 1 is 1.07 bits per heavy atom. The van der Waals surface area contributed by atoms with E-state index in [1.807, 2.05) is 42.5 Å². The van der Waals surface area contributed by atoms with Crippen LogP contribution < -0.4 is 20.3 Å². The van der Waals surface area contributed by atoms with Crippen LogP contribution in [0.1, 0.15) is 5.69 Å². The Balaban J connectivity index is 1.60. The molecule has 1 aliphatic rings. The highest BCUT2D eigenvalue weighted by Crippen LogP contribution is 2.31. The first kappa shape index (κ1) is 17.0. The molecule has 1 amide bonds. The molecule has 7 heteroatoms. The maximum Gasteiger partial charge on any atom is 0.295 e. The summed E-state index contributed by atoms with van der Waals surface area (Å²) < 4.78 is 14.5. The highest BCUT2D eigenvalue weighted by Gasteiger charge is 2.29. The molecule has 0 spiro atoms. The third-order valence-corrected chi connectivity index (χ3v) is 4.60. The predicted molar refractivity (Wildman–Crippen MR) is 101 cm³/mol. The normalized spacial score (nSPS) is 15.4. The van der Waals surface area contributed by atoms with Crippen LogP contribution in [0.3, 0.4) is 0 Å². The molecule has 0 saturated carbocycles. The molecule has 0 saturated heterocycles. The van der Waals surface area contributed by atoms with Gasteiger partial charge in [-0.1, -0.05) is 30.3 Å². The Labute approximate surface area is 155 Å². The molecule has 1 atom stereocenters. The number of benzene rings is 2. The molecule has 1 aromatic heterocycles. The van der Waals surface area contributed by atoms with Crippen LogP contribution in [0.15, 0.2) is 59.4 Å². The summed E-state index contributed by atoms with van der Waals surface area (Å²) in [5.41, 5.74) is 1.30. The molecule has 4 rings (SSSR count). The van der Waals surface area contributed by atoms with E-state index in [-0.39, 0.29) is 17.9 Å². The van der Waals surface area contributed by atoms with Crippen molar-refractivity contribution >= 4 is 11.6 Å². The molecule has 0 radical (unpaired) electrons. The molecule has 0 aliphatic carbocycles. The van der Waals surface area contributed by atoms with Gasteiger partial charge in [-0.05, 0) is 31.2 Å². The van der Waals surface area contributed by atoms with Gasteiger partial charge in [-0.3, -0.25) is 14.3 Å². The average molecular weight is 365 g/mol. The van der Waals surface area contributed by atoms with Crippen LogP contribution in [0.5, 0.6) is 11.5 Å². The van der Waals surface area contributed by atoms with Crippen molar-refractivity contribution < 1.29 is 14.3 Å². The summed E-state index contributed by atoms with van der Waals surface area (Å²) in [5.74, 6) is 0.690. The van der Waals surface area contributed by atoms with Gasteiger partial charge in [-0.15, -0.1) is 0 Å². The van der Waals surface area contributed by atoms with Gasteiger partial charge < -0.3 is 14.8 Å². The minimum Gasteiger partial charge on any atom is -0.485 e. The van der Waals surface area contributed by atoms with Crippen LogP contribution >= 0.6 is 0 Å². The Kier molecular flexibility index (Phi) is 4.19. The first-order valence-electron chi connectivity index (χ1n) is 8.59. The molecular formula is C20H19N3O4. The fourth-order valence-electron chi connectivity index (χ4n) is 3.06. The Hall–Kier alpha value is -3.48. The van der Waals surface area contributed by atoms with Crippen LogP contribution in [0.2, 0.25) is 0 Å². The molecule has 2 aromatic carbocycles. The Bertz CT molecular complexity index is 1050. The number of hydrogen-bond acceptors (Lipinski definition) is 4. The van der Waals surface area contributed by atoms with Gasteiger partial charge in [0.2, 0.25) is 6.10 Å². The Morgan fingerprint density at radius 3 is 2.48 bits per heavy atom. The molecule has 3 aromatic rings. The number of para-hydroxylation sites is 3. The third kappa shape index (κ3) is 2.97. The van der Waals surface area contributed by atoms with E-state index in [9.17, 15) is 9.59 Å². The van der Waals surface area contributed by atoms with Crippen LogP contribution in [-0.4, -0.2) is 28.0 Å². The van der Waals surface area contributed by atoms with Crippen LogP contribution in [-0.2, 0) is 11.8 Å². The van der Waals surface area contributed by atoms with Gasteiger partial charge in [0.05, 0.1) is 11.4 Å². The smallest absolute Gasteiger partial charge is 0.295 e. The van der Waals surface area contributed by atoms with Crippen LogP contribution in [0.25, 0.3) is 5.69 Å². The summed E-state index contributed by atoms with van der Waals surface area (Å²) >= 11 is 0. The van der Waals surface area contributed by atoms with Crippen LogP contribution in [0, 0.1) is 6.92 Å². The lowest BCUT2D eigenvalue weighted by molar-refractivity contribution is -0.125. The molecule has 0 unspecified atom stereocenters. The summed E-state index contributed by atoms with van der Waals surface area (Å²) in [4.78, 5) is 25.5. The van der Waals surface area contributed by atoms with Crippen molar-refractivity contribution in [3.8, 4) is 17.2 Å². The summed E-state index contributed by atoms with van der Waals surface area (Å²) in [5, 5.41) is 2.71. The number of anilines is 1. The zero-order chi connectivity index (χ0) is 19.0. The molecule has 1 N–H and O–H groups in total. The Morgan fingerprint density at radius 2 is 1.74 bits per heavy atom. The number of hydrogen-bond donors (Lipinski definition) is 1. The van der Waals surface area contributed by atoms with Gasteiger partial charge in [0.25, 0.3) is 11.5 Å². The molecule has 138 valence electrons. The van der Waals surface area contributed by atoms with E-state index in [4.69, 9.17) is 9.47 Å². The molecule has 1 aliphatic heterocycles. The molecule has 27 heavy (non-hydrogen) atoms. The lowest BCUT2D eigenvalue weighted by atomic mass is 10.2. The third-order valence-electron chi connectivity index (χ3n) is 4.60. The number of ether oxygens (including phenoxy) is 2. The summed E-state index contributed by atoms with van der Waals surface area (Å²) in [6.07, 6.45) is -0.830. The van der Waals surface area contributed by atoms with E-state index in [1.54, 1.807) is 30.8 Å². The number of aromatic nitrogens is 2. The number of fused-ring (bicyclic) bond motifs is 1. The summed E-state index contributed by atoms with van der Waals surface area (Å²) in [7, 11) is 1.77. The van der Waals surface area contributed by atoms with E-state index in [2.05, 4.69) is 5.32 Å². The van der Waals surface area contributed by atoms with Gasteiger partial charge in [0.1, 0.15) is 12.3 Å². The average Bonchev–Trinajstić information content (AvgIpc) is 2.91. The second-order valence-electron chi connectivity index (χ2n) is 6.29. The van der Waals surface area contributed by atoms with Crippen molar-refractivity contribution in [2.45, 2.75) is 13.0 Å².